The monoisotopic (exact) mass is 330 g/mol. The Bertz CT molecular complexity index is 674. The Morgan fingerprint density at radius 2 is 2.04 bits per heavy atom. The first-order valence-corrected chi connectivity index (χ1v) is 8.23. The number of nitrogens with zero attached hydrogens (tertiary/aromatic N) is 1. The van der Waals surface area contributed by atoms with Crippen molar-refractivity contribution in [1.29, 1.82) is 0 Å². The van der Waals surface area contributed by atoms with Crippen LogP contribution in [-0.2, 0) is 4.79 Å². The lowest BCUT2D eigenvalue weighted by Gasteiger charge is -2.37. The summed E-state index contributed by atoms with van der Waals surface area (Å²) in [5, 5.41) is 8.50. The highest BCUT2D eigenvalue weighted by atomic mass is 16.2. The van der Waals surface area contributed by atoms with Crippen LogP contribution in [0.15, 0.2) is 24.3 Å². The van der Waals surface area contributed by atoms with Gasteiger partial charge in [0, 0.05) is 18.6 Å². The van der Waals surface area contributed by atoms with Gasteiger partial charge in [0.25, 0.3) is 5.91 Å². The zero-order chi connectivity index (χ0) is 17.3. The quantitative estimate of drug-likeness (QED) is 0.764. The van der Waals surface area contributed by atoms with Crippen LogP contribution >= 0.6 is 0 Å². The largest absolute Gasteiger partial charge is 0.336 e. The number of anilines is 1. The van der Waals surface area contributed by atoms with Crippen LogP contribution in [-0.4, -0.2) is 47.4 Å². The summed E-state index contributed by atoms with van der Waals surface area (Å²) in [7, 11) is 0. The van der Waals surface area contributed by atoms with E-state index in [1.165, 1.54) is 0 Å². The van der Waals surface area contributed by atoms with Crippen LogP contribution in [0.1, 0.15) is 37.0 Å². The minimum atomic E-state index is -0.567. The molecule has 0 radical (unpaired) electrons. The van der Waals surface area contributed by atoms with Crippen LogP contribution in [0.25, 0.3) is 0 Å². The third-order valence-electron chi connectivity index (χ3n) is 4.34. The van der Waals surface area contributed by atoms with Crippen LogP contribution in [0, 0.1) is 0 Å². The number of fused-ring (bicyclic) bond motifs is 2. The van der Waals surface area contributed by atoms with E-state index in [0.29, 0.717) is 30.6 Å². The van der Waals surface area contributed by atoms with Gasteiger partial charge >= 0.3 is 6.03 Å². The number of piperidine rings is 1. The molecule has 1 aromatic rings. The third kappa shape index (κ3) is 3.20. The number of amides is 4. The number of benzene rings is 1. The number of para-hydroxylation sites is 1. The van der Waals surface area contributed by atoms with E-state index in [9.17, 15) is 14.4 Å². The maximum absolute atomic E-state index is 12.7. The van der Waals surface area contributed by atoms with Crippen molar-refractivity contribution in [2.24, 2.45) is 0 Å². The van der Waals surface area contributed by atoms with Crippen molar-refractivity contribution in [3.63, 3.8) is 0 Å². The minimum absolute atomic E-state index is 0.0438. The van der Waals surface area contributed by atoms with Gasteiger partial charge in [-0.05, 0) is 38.8 Å². The fourth-order valence-corrected chi connectivity index (χ4v) is 3.23. The summed E-state index contributed by atoms with van der Waals surface area (Å²) in [6.07, 6.45) is 1.04. The Balaban J connectivity index is 1.74. The molecule has 0 spiro atoms. The van der Waals surface area contributed by atoms with Crippen molar-refractivity contribution in [2.75, 3.05) is 11.9 Å². The summed E-state index contributed by atoms with van der Waals surface area (Å²) >= 11 is 0. The van der Waals surface area contributed by atoms with Crippen molar-refractivity contribution in [3.8, 4) is 0 Å². The molecule has 2 aliphatic heterocycles. The molecule has 0 aromatic heterocycles. The number of hydrogen-bond acceptors (Lipinski definition) is 3. The lowest BCUT2D eigenvalue weighted by atomic mass is 9.96. The maximum atomic E-state index is 12.7. The van der Waals surface area contributed by atoms with Gasteiger partial charge in [0.05, 0.1) is 11.3 Å². The van der Waals surface area contributed by atoms with Gasteiger partial charge in [-0.25, -0.2) is 4.79 Å². The van der Waals surface area contributed by atoms with Crippen LogP contribution in [0.3, 0.4) is 0 Å². The Kier molecular flexibility index (Phi) is 4.42. The molecular weight excluding hydrogens is 308 g/mol. The van der Waals surface area contributed by atoms with Crippen LogP contribution < -0.4 is 16.0 Å². The number of carbonyl (C=O) groups excluding carboxylic acids is 3. The normalized spacial score (nSPS) is 23.0. The molecule has 0 aliphatic carbocycles. The Hall–Kier alpha value is -2.57. The number of carbonyl (C=O) groups is 3. The van der Waals surface area contributed by atoms with E-state index in [2.05, 4.69) is 16.0 Å². The molecule has 1 aromatic carbocycles. The van der Waals surface area contributed by atoms with Crippen LogP contribution in [0.5, 0.6) is 0 Å². The van der Waals surface area contributed by atoms with Gasteiger partial charge in [0.15, 0.2) is 0 Å². The summed E-state index contributed by atoms with van der Waals surface area (Å²) in [5.41, 5.74) is 1.06. The van der Waals surface area contributed by atoms with Gasteiger partial charge in [-0.2, -0.15) is 0 Å². The van der Waals surface area contributed by atoms with Crippen molar-refractivity contribution in [3.05, 3.63) is 29.8 Å². The molecular formula is C17H22N4O3. The first-order valence-electron chi connectivity index (χ1n) is 8.23. The van der Waals surface area contributed by atoms with E-state index < -0.39 is 6.04 Å². The molecule has 3 rings (SSSR count). The molecule has 2 heterocycles. The number of urea groups is 1. The first-order chi connectivity index (χ1) is 11.5. The van der Waals surface area contributed by atoms with Crippen molar-refractivity contribution in [1.82, 2.24) is 15.5 Å². The van der Waals surface area contributed by atoms with Crippen molar-refractivity contribution in [2.45, 2.75) is 44.8 Å². The second-order valence-electron chi connectivity index (χ2n) is 6.54. The summed E-state index contributed by atoms with van der Waals surface area (Å²) in [4.78, 5) is 38.7. The fourth-order valence-electron chi connectivity index (χ4n) is 3.23. The summed E-state index contributed by atoms with van der Waals surface area (Å²) in [5.74, 6) is -0.344. The van der Waals surface area contributed by atoms with Gasteiger partial charge in [-0.1, -0.05) is 12.1 Å². The molecule has 0 bridgehead atoms. The maximum Gasteiger partial charge on any atom is 0.315 e. The molecule has 2 atom stereocenters. The van der Waals surface area contributed by atoms with E-state index in [1.807, 2.05) is 13.8 Å². The lowest BCUT2D eigenvalue weighted by molar-refractivity contribution is -0.121. The average molecular weight is 330 g/mol. The smallest absolute Gasteiger partial charge is 0.315 e. The van der Waals surface area contributed by atoms with E-state index in [1.54, 1.807) is 29.2 Å². The number of hydrogen-bond donors (Lipinski definition) is 3. The molecule has 3 N–H and O–H groups in total. The molecule has 7 heteroatoms. The van der Waals surface area contributed by atoms with Gasteiger partial charge in [0.1, 0.15) is 6.04 Å². The van der Waals surface area contributed by atoms with E-state index in [-0.39, 0.29) is 29.9 Å². The predicted molar refractivity (Wildman–Crippen MR) is 89.7 cm³/mol. The highest BCUT2D eigenvalue weighted by molar-refractivity contribution is 6.09. The Labute approximate surface area is 140 Å². The molecule has 1 fully saturated rings. The predicted octanol–water partition coefficient (Wildman–Crippen LogP) is 1.32. The average Bonchev–Trinajstić information content (AvgIpc) is 2.63. The zero-order valence-corrected chi connectivity index (χ0v) is 13.8. The molecule has 0 unspecified atom stereocenters. The second-order valence-corrected chi connectivity index (χ2v) is 6.54. The van der Waals surface area contributed by atoms with Crippen LogP contribution in [0.4, 0.5) is 10.5 Å². The standard InChI is InChI=1S/C17H22N4O3/c1-10(2)18-17(24)19-11-7-8-21-14(9-11)15(22)20-13-6-4-3-5-12(13)16(21)23/h3-6,10-11,14H,7-9H2,1-2H3,(H,20,22)(H2,18,19,24)/t11-,14-/m0/s1. The van der Waals surface area contributed by atoms with Gasteiger partial charge < -0.3 is 20.9 Å². The molecule has 7 nitrogen and oxygen atoms in total. The van der Waals surface area contributed by atoms with Crippen molar-refractivity contribution < 1.29 is 14.4 Å². The highest BCUT2D eigenvalue weighted by Crippen LogP contribution is 2.28. The minimum Gasteiger partial charge on any atom is -0.336 e. The Morgan fingerprint density at radius 1 is 1.29 bits per heavy atom. The van der Waals surface area contributed by atoms with Crippen molar-refractivity contribution >= 4 is 23.5 Å². The lowest BCUT2D eigenvalue weighted by Crippen LogP contribution is -2.56. The molecule has 24 heavy (non-hydrogen) atoms. The summed E-state index contributed by atoms with van der Waals surface area (Å²) in [6, 6.07) is 6.13. The van der Waals surface area contributed by atoms with E-state index in [4.69, 9.17) is 0 Å². The van der Waals surface area contributed by atoms with Crippen LogP contribution in [0.2, 0.25) is 0 Å². The number of nitrogens with one attached hydrogen (secondary N) is 3. The topological polar surface area (TPSA) is 90.5 Å². The zero-order valence-electron chi connectivity index (χ0n) is 13.8. The Morgan fingerprint density at radius 3 is 2.79 bits per heavy atom. The van der Waals surface area contributed by atoms with E-state index >= 15 is 0 Å². The molecule has 2 aliphatic rings. The SMILES string of the molecule is CC(C)NC(=O)N[C@H]1CCN2C(=O)c3ccccc3NC(=O)[C@@H]2C1. The number of rotatable bonds is 2. The van der Waals surface area contributed by atoms with Gasteiger partial charge in [-0.15, -0.1) is 0 Å². The molecule has 1 saturated heterocycles. The first kappa shape index (κ1) is 16.3. The molecule has 128 valence electrons. The highest BCUT2D eigenvalue weighted by Gasteiger charge is 2.40. The molecule has 0 saturated carbocycles. The third-order valence-corrected chi connectivity index (χ3v) is 4.34. The van der Waals surface area contributed by atoms with Gasteiger partial charge in [-0.3, -0.25) is 9.59 Å². The van der Waals surface area contributed by atoms with E-state index in [0.717, 1.165) is 0 Å². The molecule has 4 amide bonds. The fraction of sp³-hybridized carbons (Fsp3) is 0.471. The summed E-state index contributed by atoms with van der Waals surface area (Å²) < 4.78 is 0. The second kappa shape index (κ2) is 6.51. The van der Waals surface area contributed by atoms with Gasteiger partial charge in [0.2, 0.25) is 5.91 Å². The summed E-state index contributed by atoms with van der Waals surface area (Å²) in [6.45, 7) is 4.21.